The van der Waals surface area contributed by atoms with Crippen LogP contribution in [0.25, 0.3) is 11.4 Å². The summed E-state index contributed by atoms with van der Waals surface area (Å²) in [6.07, 6.45) is 1.57. The van der Waals surface area contributed by atoms with E-state index in [2.05, 4.69) is 60.5 Å². The number of nitrogens with zero attached hydrogens (tertiary/aromatic N) is 3. The lowest BCUT2D eigenvalue weighted by Crippen LogP contribution is -1.96. The number of aromatic hydroxyl groups is 1. The minimum atomic E-state index is 0.186. The van der Waals surface area contributed by atoms with Gasteiger partial charge >= 0.3 is 0 Å². The van der Waals surface area contributed by atoms with E-state index < -0.39 is 0 Å². The molecule has 1 heterocycles. The van der Waals surface area contributed by atoms with Gasteiger partial charge in [0.15, 0.2) is 5.82 Å². The van der Waals surface area contributed by atoms with Gasteiger partial charge in [0.25, 0.3) is 0 Å². The van der Waals surface area contributed by atoms with Crippen molar-refractivity contribution in [1.29, 1.82) is 0 Å². The number of hydrogen-bond donors (Lipinski definition) is 2. The van der Waals surface area contributed by atoms with Crippen LogP contribution in [0.5, 0.6) is 11.5 Å². The SMILES string of the molecule is COc1ccc(-c2n[nH]c(=S)n2/N=C/c2cc(I)cc(I)c2O)cc1. The lowest BCUT2D eigenvalue weighted by molar-refractivity contribution is 0.415. The lowest BCUT2D eigenvalue weighted by atomic mass is 10.2. The molecule has 0 aliphatic rings. The van der Waals surface area contributed by atoms with Crippen molar-refractivity contribution in [2.45, 2.75) is 0 Å². The van der Waals surface area contributed by atoms with Gasteiger partial charge in [-0.25, -0.2) is 5.10 Å². The first kappa shape index (κ1) is 18.3. The van der Waals surface area contributed by atoms with Crippen molar-refractivity contribution >= 4 is 63.6 Å². The summed E-state index contributed by atoms with van der Waals surface area (Å²) >= 11 is 9.54. The Labute approximate surface area is 176 Å². The van der Waals surface area contributed by atoms with Gasteiger partial charge < -0.3 is 9.84 Å². The molecule has 128 valence electrons. The van der Waals surface area contributed by atoms with Crippen molar-refractivity contribution in [1.82, 2.24) is 14.9 Å². The Morgan fingerprint density at radius 1 is 1.28 bits per heavy atom. The number of halogens is 2. The Morgan fingerprint density at radius 3 is 2.68 bits per heavy atom. The van der Waals surface area contributed by atoms with Gasteiger partial charge in [0.2, 0.25) is 4.77 Å². The van der Waals surface area contributed by atoms with E-state index in [4.69, 9.17) is 17.0 Å². The van der Waals surface area contributed by atoms with E-state index in [0.29, 0.717) is 16.2 Å². The van der Waals surface area contributed by atoms with Crippen molar-refractivity contribution in [2.75, 3.05) is 7.11 Å². The summed E-state index contributed by atoms with van der Waals surface area (Å²) < 4.78 is 8.82. The molecule has 0 saturated heterocycles. The summed E-state index contributed by atoms with van der Waals surface area (Å²) in [5.74, 6) is 1.51. The molecular formula is C16H12I2N4O2S. The number of hydrogen-bond acceptors (Lipinski definition) is 5. The summed E-state index contributed by atoms with van der Waals surface area (Å²) in [7, 11) is 1.62. The molecule has 6 nitrogen and oxygen atoms in total. The number of phenolic OH excluding ortho intramolecular Hbond substituents is 1. The van der Waals surface area contributed by atoms with Crippen molar-refractivity contribution in [3.63, 3.8) is 0 Å². The maximum Gasteiger partial charge on any atom is 0.216 e. The smallest absolute Gasteiger partial charge is 0.216 e. The Morgan fingerprint density at radius 2 is 2.00 bits per heavy atom. The number of aromatic amines is 1. The van der Waals surface area contributed by atoms with Gasteiger partial charge in [0, 0.05) is 14.7 Å². The van der Waals surface area contributed by atoms with Crippen molar-refractivity contribution in [3.8, 4) is 22.9 Å². The van der Waals surface area contributed by atoms with E-state index in [9.17, 15) is 5.11 Å². The summed E-state index contributed by atoms with van der Waals surface area (Å²) in [6, 6.07) is 11.2. The molecule has 25 heavy (non-hydrogen) atoms. The van der Waals surface area contributed by atoms with Crippen LogP contribution in [0.2, 0.25) is 0 Å². The second kappa shape index (κ2) is 7.83. The number of H-pyrrole nitrogens is 1. The molecule has 1 aromatic heterocycles. The highest BCUT2D eigenvalue weighted by Crippen LogP contribution is 2.26. The minimum absolute atomic E-state index is 0.186. The molecule has 2 aromatic carbocycles. The van der Waals surface area contributed by atoms with E-state index in [1.54, 1.807) is 13.3 Å². The molecule has 0 saturated carbocycles. The Balaban J connectivity index is 2.01. The molecule has 3 rings (SSSR count). The quantitative estimate of drug-likeness (QED) is 0.274. The third-order valence-corrected chi connectivity index (χ3v) is 5.08. The fraction of sp³-hybridized carbons (Fsp3) is 0.0625. The number of rotatable bonds is 4. The normalized spacial score (nSPS) is 11.2. The first-order valence-electron chi connectivity index (χ1n) is 7.04. The summed E-state index contributed by atoms with van der Waals surface area (Å²) in [5.41, 5.74) is 1.45. The number of nitrogens with one attached hydrogen (secondary N) is 1. The predicted octanol–water partition coefficient (Wildman–Crippen LogP) is 4.41. The Bertz CT molecular complexity index is 996. The fourth-order valence-corrected chi connectivity index (χ4v) is 4.20. The predicted molar refractivity (Wildman–Crippen MR) is 116 cm³/mol. The summed E-state index contributed by atoms with van der Waals surface area (Å²) in [4.78, 5) is 0. The number of phenols is 1. The zero-order valence-electron chi connectivity index (χ0n) is 12.9. The van der Waals surface area contributed by atoms with E-state index in [1.807, 2.05) is 36.4 Å². The summed E-state index contributed by atoms with van der Waals surface area (Å²) in [6.45, 7) is 0. The fourth-order valence-electron chi connectivity index (χ4n) is 2.13. The van der Waals surface area contributed by atoms with Gasteiger partial charge in [-0.1, -0.05) is 0 Å². The molecule has 0 bridgehead atoms. The van der Waals surface area contributed by atoms with Crippen LogP contribution in [-0.4, -0.2) is 33.3 Å². The molecule has 0 fully saturated rings. The van der Waals surface area contributed by atoms with E-state index in [1.165, 1.54) is 4.68 Å². The number of ether oxygens (including phenoxy) is 1. The van der Waals surface area contributed by atoms with Gasteiger partial charge in [0.05, 0.1) is 16.9 Å². The lowest BCUT2D eigenvalue weighted by Gasteiger charge is -2.04. The van der Waals surface area contributed by atoms with Gasteiger partial charge in [-0.3, -0.25) is 0 Å². The van der Waals surface area contributed by atoms with Crippen LogP contribution < -0.4 is 4.74 Å². The second-order valence-electron chi connectivity index (χ2n) is 4.96. The van der Waals surface area contributed by atoms with E-state index >= 15 is 0 Å². The molecule has 0 atom stereocenters. The minimum Gasteiger partial charge on any atom is -0.506 e. The highest BCUT2D eigenvalue weighted by atomic mass is 127. The zero-order valence-corrected chi connectivity index (χ0v) is 18.0. The second-order valence-corrected chi connectivity index (χ2v) is 7.76. The molecule has 0 unspecified atom stereocenters. The topological polar surface area (TPSA) is 75.4 Å². The van der Waals surface area contributed by atoms with Crippen LogP contribution in [0.15, 0.2) is 41.5 Å². The van der Waals surface area contributed by atoms with Crippen molar-refractivity contribution in [3.05, 3.63) is 53.9 Å². The summed E-state index contributed by atoms with van der Waals surface area (Å²) in [5, 5.41) is 21.6. The Kier molecular flexibility index (Phi) is 5.74. The van der Waals surface area contributed by atoms with Crippen LogP contribution in [0.3, 0.4) is 0 Å². The van der Waals surface area contributed by atoms with Crippen molar-refractivity contribution in [2.24, 2.45) is 5.10 Å². The van der Waals surface area contributed by atoms with Crippen LogP contribution in [0.1, 0.15) is 5.56 Å². The van der Waals surface area contributed by atoms with Crippen molar-refractivity contribution < 1.29 is 9.84 Å². The maximum atomic E-state index is 10.2. The molecule has 0 aliphatic heterocycles. The molecule has 2 N–H and O–H groups in total. The zero-order chi connectivity index (χ0) is 18.0. The Hall–Kier alpha value is -1.47. The molecule has 0 aliphatic carbocycles. The van der Waals surface area contributed by atoms with E-state index in [-0.39, 0.29) is 5.75 Å². The first-order valence-corrected chi connectivity index (χ1v) is 9.60. The van der Waals surface area contributed by atoms with Crippen LogP contribution in [-0.2, 0) is 0 Å². The molecule has 0 spiro atoms. The van der Waals surface area contributed by atoms with Crippen LogP contribution in [0, 0.1) is 11.9 Å². The molecule has 9 heteroatoms. The van der Waals surface area contributed by atoms with Gasteiger partial charge in [-0.05, 0) is 93.8 Å². The molecule has 0 amide bonds. The number of methoxy groups -OCH3 is 1. The third-order valence-electron chi connectivity index (χ3n) is 3.37. The molecular weight excluding hydrogens is 566 g/mol. The van der Waals surface area contributed by atoms with Gasteiger partial charge in [-0.15, -0.1) is 0 Å². The highest BCUT2D eigenvalue weighted by molar-refractivity contribution is 14.1. The maximum absolute atomic E-state index is 10.2. The van der Waals surface area contributed by atoms with Crippen LogP contribution >= 0.6 is 57.4 Å². The number of benzene rings is 2. The largest absolute Gasteiger partial charge is 0.506 e. The molecule has 3 aromatic rings. The molecule has 0 radical (unpaired) electrons. The van der Waals surface area contributed by atoms with Gasteiger partial charge in [-0.2, -0.15) is 14.9 Å². The highest BCUT2D eigenvalue weighted by Gasteiger charge is 2.09. The monoisotopic (exact) mass is 578 g/mol. The number of aromatic nitrogens is 3. The third kappa shape index (κ3) is 4.03. The van der Waals surface area contributed by atoms with E-state index in [0.717, 1.165) is 18.5 Å². The first-order chi connectivity index (χ1) is 12.0. The standard InChI is InChI=1S/C16H12I2N4O2S/c1-24-12-4-2-9(3-5-12)15-20-21-16(25)22(15)19-8-10-6-11(17)7-13(18)14(10)23/h2-8,23H,1H3,(H,21,25)/b19-8+. The van der Waals surface area contributed by atoms with Gasteiger partial charge in [0.1, 0.15) is 11.5 Å². The van der Waals surface area contributed by atoms with Crippen LogP contribution in [0.4, 0.5) is 0 Å². The average Bonchev–Trinajstić information content (AvgIpc) is 2.97. The average molecular weight is 578 g/mol.